The van der Waals surface area contributed by atoms with Crippen molar-refractivity contribution in [3.05, 3.63) is 91.9 Å². The summed E-state index contributed by atoms with van der Waals surface area (Å²) in [5.74, 6) is 0. The lowest BCUT2D eigenvalue weighted by Gasteiger charge is -2.14. The quantitative estimate of drug-likeness (QED) is 0.333. The second-order valence-corrected chi connectivity index (χ2v) is 8.35. The summed E-state index contributed by atoms with van der Waals surface area (Å²) in [5.41, 5.74) is -14.4. The summed E-state index contributed by atoms with van der Waals surface area (Å²) in [7, 11) is 0. The van der Waals surface area contributed by atoms with Gasteiger partial charge in [0.15, 0.2) is 0 Å². The fourth-order valence-corrected chi connectivity index (χ4v) is 3.74. The Morgan fingerprint density at radius 3 is 0.909 bits per heavy atom. The molecule has 0 saturated heterocycles. The van der Waals surface area contributed by atoms with Gasteiger partial charge in [0.2, 0.25) is 0 Å². The lowest BCUT2D eigenvalue weighted by molar-refractivity contribution is -0.151. The Hall–Kier alpha value is -5.62. The summed E-state index contributed by atoms with van der Waals surface area (Å²) in [4.78, 5) is 5.00. The van der Waals surface area contributed by atoms with Gasteiger partial charge in [0, 0.05) is 10.4 Å². The van der Waals surface area contributed by atoms with E-state index in [0.29, 0.717) is 12.1 Å². The monoisotopic (exact) mass is 630 g/mol. The zero-order valence-electron chi connectivity index (χ0n) is 20.7. The van der Waals surface area contributed by atoms with E-state index in [0.717, 1.165) is 0 Å². The van der Waals surface area contributed by atoms with Crippen LogP contribution in [0.4, 0.5) is 52.7 Å². The third-order valence-electron chi connectivity index (χ3n) is 5.58. The number of nitriles is 4. The first-order valence-electron chi connectivity index (χ1n) is 11.0. The van der Waals surface area contributed by atoms with Crippen LogP contribution in [-0.4, -0.2) is 9.97 Å². The van der Waals surface area contributed by atoms with E-state index in [2.05, 4.69) is 9.97 Å². The average molecular weight is 630 g/mol. The summed E-state index contributed by atoms with van der Waals surface area (Å²) in [6.07, 6.45) is -21.8. The van der Waals surface area contributed by atoms with Crippen LogP contribution in [0.15, 0.2) is 36.4 Å². The number of alkyl halides is 12. The van der Waals surface area contributed by atoms with E-state index in [1.807, 2.05) is 0 Å². The van der Waals surface area contributed by atoms with Gasteiger partial charge in [0.05, 0.1) is 22.3 Å². The van der Waals surface area contributed by atoms with Crippen molar-refractivity contribution in [2.75, 3.05) is 0 Å². The third kappa shape index (κ3) is 6.55. The highest BCUT2D eigenvalue weighted by atomic mass is 19.4. The molecule has 0 aliphatic carbocycles. The van der Waals surface area contributed by atoms with Gasteiger partial charge in [0.25, 0.3) is 0 Å². The van der Waals surface area contributed by atoms with Crippen molar-refractivity contribution in [2.45, 2.75) is 24.7 Å². The number of rotatable bonds is 2. The molecule has 0 radical (unpaired) electrons. The minimum atomic E-state index is -5.44. The van der Waals surface area contributed by atoms with Crippen LogP contribution in [0.3, 0.4) is 0 Å². The van der Waals surface area contributed by atoms with E-state index in [1.54, 1.807) is 0 Å². The van der Waals surface area contributed by atoms with Crippen molar-refractivity contribution in [1.82, 2.24) is 9.97 Å². The van der Waals surface area contributed by atoms with E-state index in [1.165, 1.54) is 24.3 Å². The van der Waals surface area contributed by atoms with Gasteiger partial charge in [-0.2, -0.15) is 73.7 Å². The maximum Gasteiger partial charge on any atom is 0.433 e. The van der Waals surface area contributed by atoms with Crippen molar-refractivity contribution in [1.29, 1.82) is 21.0 Å². The topological polar surface area (TPSA) is 121 Å². The number of pyridine rings is 2. The zero-order valence-corrected chi connectivity index (χ0v) is 20.7. The summed E-state index contributed by atoms with van der Waals surface area (Å²) >= 11 is 0. The second kappa shape index (κ2) is 11.2. The first-order chi connectivity index (χ1) is 20.2. The molecule has 3 rings (SSSR count). The van der Waals surface area contributed by atoms with Gasteiger partial charge in [-0.1, -0.05) is 12.1 Å². The third-order valence-corrected chi connectivity index (χ3v) is 5.58. The number of benzene rings is 1. The molecule has 18 heteroatoms. The predicted molar refractivity (Wildman–Crippen MR) is 120 cm³/mol. The smallest absolute Gasteiger partial charge is 0.239 e. The van der Waals surface area contributed by atoms with Crippen LogP contribution in [0.25, 0.3) is 11.1 Å². The Kier molecular flexibility index (Phi) is 8.39. The molecule has 0 aliphatic rings. The van der Waals surface area contributed by atoms with Crippen LogP contribution in [0.5, 0.6) is 0 Å². The Balaban J connectivity index is 2.56. The lowest BCUT2D eigenvalue weighted by Crippen LogP contribution is -2.24. The maximum atomic E-state index is 13.3. The van der Waals surface area contributed by atoms with Crippen molar-refractivity contribution >= 4 is 11.1 Å². The molecule has 3 aromatic rings. The molecule has 0 aliphatic heterocycles. The normalized spacial score (nSPS) is 13.6. The van der Waals surface area contributed by atoms with Crippen LogP contribution in [0.1, 0.15) is 45.0 Å². The van der Waals surface area contributed by atoms with Crippen LogP contribution < -0.4 is 10.4 Å². The second-order valence-electron chi connectivity index (χ2n) is 8.35. The van der Waals surface area contributed by atoms with Gasteiger partial charge in [-0.05, 0) is 35.4 Å². The number of halogens is 12. The Labute approximate surface area is 236 Å². The van der Waals surface area contributed by atoms with Gasteiger partial charge < -0.3 is 0 Å². The number of nitrogens with zero attached hydrogens (tertiary/aromatic N) is 6. The molecule has 2 aromatic heterocycles. The minimum absolute atomic E-state index is 0.0516. The highest BCUT2D eigenvalue weighted by Gasteiger charge is 2.40. The first kappa shape index (κ1) is 32.9. The minimum Gasteiger partial charge on any atom is -0.239 e. The first-order valence-corrected chi connectivity index (χ1v) is 11.0. The zero-order chi connectivity index (χ0) is 33.4. The van der Waals surface area contributed by atoms with Gasteiger partial charge in [-0.3, -0.25) is 0 Å². The summed E-state index contributed by atoms with van der Waals surface area (Å²) < 4.78 is 160. The van der Waals surface area contributed by atoms with E-state index in [9.17, 15) is 73.7 Å². The molecule has 0 amide bonds. The molecule has 0 atom stereocenters. The lowest BCUT2D eigenvalue weighted by atomic mass is 9.93. The molecule has 0 saturated carbocycles. The molecule has 1 aromatic carbocycles. The summed E-state index contributed by atoms with van der Waals surface area (Å²) in [6, 6.07) is 6.96. The molecule has 0 bridgehead atoms. The molecule has 0 unspecified atom stereocenters. The molecule has 0 spiro atoms. The Morgan fingerprint density at radius 1 is 0.477 bits per heavy atom. The molecule has 2 heterocycles. The highest BCUT2D eigenvalue weighted by Crippen LogP contribution is 2.36. The number of aromatic nitrogens is 2. The molecular weight excluding hydrogens is 624 g/mol. The molecular formula is C26H6F12N6. The molecule has 44 heavy (non-hydrogen) atoms. The SMILES string of the molecule is N#C/C(c1cc(C(F)(F)F)nc(C(F)(F)F)c1)=c1\cc/c(=C(\C#N)c2cc(C(F)(F)F)nc(C(F)(F)F)c2)c(C#N)c1C#N. The van der Waals surface area contributed by atoms with E-state index in [4.69, 9.17) is 0 Å². The molecule has 0 fully saturated rings. The summed E-state index contributed by atoms with van der Waals surface area (Å²) in [6.45, 7) is 0. The van der Waals surface area contributed by atoms with Crippen molar-refractivity contribution in [3.8, 4) is 24.3 Å². The highest BCUT2D eigenvalue weighted by molar-refractivity contribution is 5.81. The van der Waals surface area contributed by atoms with Crippen LogP contribution >= 0.6 is 0 Å². The standard InChI is InChI=1S/C26H6F12N6/c27-23(28,29)19-3-11(4-20(43-19)24(30,31)32)15(7-39)13-1-2-14(18(10-42)17(13)9-41)16(8-40)12-5-21(25(33,34)35)44-22(6-12)26(36,37)38/h1-6H/b15-13-,16-14-. The molecule has 0 N–H and O–H groups in total. The van der Waals surface area contributed by atoms with Crippen molar-refractivity contribution in [3.63, 3.8) is 0 Å². The number of hydrogen-bond acceptors (Lipinski definition) is 6. The average Bonchev–Trinajstić information content (AvgIpc) is 2.91. The fourth-order valence-electron chi connectivity index (χ4n) is 3.74. The van der Waals surface area contributed by atoms with Gasteiger partial charge in [0.1, 0.15) is 47.1 Å². The maximum absolute atomic E-state index is 13.3. The van der Waals surface area contributed by atoms with Gasteiger partial charge >= 0.3 is 24.7 Å². The van der Waals surface area contributed by atoms with E-state index < -0.39 is 91.3 Å². The van der Waals surface area contributed by atoms with Gasteiger partial charge in [-0.15, -0.1) is 0 Å². The fraction of sp³-hybridized carbons (Fsp3) is 0.154. The van der Waals surface area contributed by atoms with Crippen LogP contribution in [-0.2, 0) is 24.7 Å². The molecule has 6 nitrogen and oxygen atoms in total. The predicted octanol–water partition coefficient (Wildman–Crippen LogP) is 5.74. The number of hydrogen-bond donors (Lipinski definition) is 0. The largest absolute Gasteiger partial charge is 0.433 e. The molecule has 224 valence electrons. The Bertz CT molecular complexity index is 1750. The van der Waals surface area contributed by atoms with E-state index >= 15 is 0 Å². The van der Waals surface area contributed by atoms with Crippen LogP contribution in [0.2, 0.25) is 0 Å². The van der Waals surface area contributed by atoms with Gasteiger partial charge in [-0.25, -0.2) is 9.97 Å². The van der Waals surface area contributed by atoms with Crippen molar-refractivity contribution in [2.24, 2.45) is 0 Å². The summed E-state index contributed by atoms with van der Waals surface area (Å²) in [5, 5.41) is 37.4. The van der Waals surface area contributed by atoms with E-state index in [-0.39, 0.29) is 24.3 Å². The Morgan fingerprint density at radius 2 is 0.727 bits per heavy atom. The van der Waals surface area contributed by atoms with Crippen LogP contribution in [0, 0.1) is 45.3 Å². The van der Waals surface area contributed by atoms with Crippen molar-refractivity contribution < 1.29 is 52.7 Å².